The molecule has 0 aliphatic carbocycles. The summed E-state index contributed by atoms with van der Waals surface area (Å²) in [6.45, 7) is 0. The van der Waals surface area contributed by atoms with E-state index in [4.69, 9.17) is 0 Å². The largest absolute Gasteiger partial charge is 0.260 e. The lowest BCUT2D eigenvalue weighted by Gasteiger charge is -1.96. The third-order valence-electron chi connectivity index (χ3n) is 1.57. The Morgan fingerprint density at radius 1 is 1.25 bits per heavy atom. The smallest absolute Gasteiger partial charge is 0.257 e. The Morgan fingerprint density at radius 2 is 1.83 bits per heavy atom. The van der Waals surface area contributed by atoms with Crippen LogP contribution in [-0.4, -0.2) is 14.0 Å². The zero-order valence-electron chi connectivity index (χ0n) is 6.10. The van der Waals surface area contributed by atoms with Gasteiger partial charge in [-0.15, -0.1) is 0 Å². The Kier molecular flexibility index (Phi) is 1.64. The van der Waals surface area contributed by atoms with E-state index in [0.717, 1.165) is 0 Å². The van der Waals surface area contributed by atoms with Gasteiger partial charge < -0.3 is 0 Å². The summed E-state index contributed by atoms with van der Waals surface area (Å²) in [5.41, 5.74) is 1.44. The Balaban J connectivity index is 2.42. The number of hydrogen-bond donors (Lipinski definition) is 1. The maximum Gasteiger partial charge on any atom is 0.257 e. The van der Waals surface area contributed by atoms with E-state index in [1.165, 1.54) is 0 Å². The van der Waals surface area contributed by atoms with Gasteiger partial charge in [-0.3, -0.25) is 4.84 Å². The van der Waals surface area contributed by atoms with E-state index in [1.54, 1.807) is 30.3 Å². The standard InChI is InChI=1S/C7H7NO3S/c9-12(10,7-8-11-7)6-4-2-1-3-5-6/h1-5,7-8H. The molecule has 0 bridgehead atoms. The monoisotopic (exact) mass is 185 g/mol. The fraction of sp³-hybridized carbons (Fsp3) is 0.143. The van der Waals surface area contributed by atoms with Crippen molar-refractivity contribution in [1.82, 2.24) is 5.48 Å². The summed E-state index contributed by atoms with van der Waals surface area (Å²) in [6, 6.07) is 8.20. The number of benzene rings is 1. The summed E-state index contributed by atoms with van der Waals surface area (Å²) >= 11 is 0. The van der Waals surface area contributed by atoms with E-state index in [9.17, 15) is 8.42 Å². The minimum atomic E-state index is -3.30. The lowest BCUT2D eigenvalue weighted by atomic mass is 10.4. The third-order valence-corrected chi connectivity index (χ3v) is 3.25. The highest BCUT2D eigenvalue weighted by Gasteiger charge is 2.38. The van der Waals surface area contributed by atoms with E-state index >= 15 is 0 Å². The quantitative estimate of drug-likeness (QED) is 0.672. The first kappa shape index (κ1) is 7.72. The fourth-order valence-corrected chi connectivity index (χ4v) is 1.98. The van der Waals surface area contributed by atoms with Crippen molar-refractivity contribution in [2.24, 2.45) is 0 Å². The Bertz CT molecular complexity index is 369. The van der Waals surface area contributed by atoms with Crippen molar-refractivity contribution >= 4 is 9.84 Å². The highest BCUT2D eigenvalue weighted by molar-refractivity contribution is 7.92. The number of nitrogens with one attached hydrogen (secondary N) is 1. The van der Waals surface area contributed by atoms with Crippen LogP contribution in [0.5, 0.6) is 0 Å². The van der Waals surface area contributed by atoms with Gasteiger partial charge in [-0.25, -0.2) is 8.42 Å². The molecule has 0 aromatic heterocycles. The predicted molar refractivity (Wildman–Crippen MR) is 41.6 cm³/mol. The number of hydroxylamine groups is 1. The van der Waals surface area contributed by atoms with Crippen molar-refractivity contribution in [3.8, 4) is 0 Å². The number of hydrogen-bond acceptors (Lipinski definition) is 4. The molecule has 1 aliphatic heterocycles. The Labute approximate surface area is 70.0 Å². The topological polar surface area (TPSA) is 68.6 Å². The normalized spacial score (nSPS) is 22.2. The molecule has 0 spiro atoms. The molecule has 0 saturated carbocycles. The van der Waals surface area contributed by atoms with Gasteiger partial charge in [-0.1, -0.05) is 18.2 Å². The zero-order valence-corrected chi connectivity index (χ0v) is 6.91. The molecule has 64 valence electrons. The van der Waals surface area contributed by atoms with Gasteiger partial charge in [0.25, 0.3) is 5.56 Å². The summed E-state index contributed by atoms with van der Waals surface area (Å²) in [7, 11) is -3.30. The van der Waals surface area contributed by atoms with Crippen molar-refractivity contribution in [3.05, 3.63) is 30.3 Å². The second-order valence-corrected chi connectivity index (χ2v) is 4.42. The molecular weight excluding hydrogens is 178 g/mol. The zero-order chi connectivity index (χ0) is 8.60. The fourth-order valence-electron chi connectivity index (χ4n) is 0.888. The van der Waals surface area contributed by atoms with Crippen molar-refractivity contribution in [1.29, 1.82) is 0 Å². The lowest BCUT2D eigenvalue weighted by molar-refractivity contribution is 0.396. The van der Waals surface area contributed by atoms with Gasteiger partial charge >= 0.3 is 0 Å². The number of sulfone groups is 1. The predicted octanol–water partition coefficient (Wildman–Crippen LogP) is 0.279. The van der Waals surface area contributed by atoms with Crippen LogP contribution in [0.4, 0.5) is 0 Å². The van der Waals surface area contributed by atoms with E-state index in [1.807, 2.05) is 0 Å². The van der Waals surface area contributed by atoms with Crippen LogP contribution in [-0.2, 0) is 14.7 Å². The summed E-state index contributed by atoms with van der Waals surface area (Å²) in [4.78, 5) is 4.77. The Hall–Kier alpha value is -0.910. The molecule has 0 amide bonds. The van der Waals surface area contributed by atoms with Crippen molar-refractivity contribution < 1.29 is 13.3 Å². The molecule has 4 nitrogen and oxygen atoms in total. The molecule has 1 aromatic carbocycles. The summed E-state index contributed by atoms with van der Waals surface area (Å²) in [5, 5.41) is 0. The van der Waals surface area contributed by atoms with Crippen LogP contribution >= 0.6 is 0 Å². The second kappa shape index (κ2) is 2.55. The molecular formula is C7H7NO3S. The van der Waals surface area contributed by atoms with Crippen LogP contribution in [0, 0.1) is 0 Å². The highest BCUT2D eigenvalue weighted by Crippen LogP contribution is 2.19. The maximum atomic E-state index is 11.4. The third kappa shape index (κ3) is 1.22. The van der Waals surface area contributed by atoms with Gasteiger partial charge in [0.2, 0.25) is 9.84 Å². The molecule has 1 aliphatic rings. The molecule has 2 rings (SSSR count). The average molecular weight is 185 g/mol. The molecule has 1 N–H and O–H groups in total. The second-order valence-electron chi connectivity index (χ2n) is 2.43. The molecule has 0 radical (unpaired) electrons. The minimum Gasteiger partial charge on any atom is -0.260 e. The number of rotatable bonds is 2. The van der Waals surface area contributed by atoms with Crippen LogP contribution in [0.15, 0.2) is 35.2 Å². The van der Waals surface area contributed by atoms with Gasteiger partial charge in [0, 0.05) is 0 Å². The molecule has 5 heteroatoms. The lowest BCUT2D eigenvalue weighted by Crippen LogP contribution is -2.10. The maximum absolute atomic E-state index is 11.4. The SMILES string of the molecule is O=S(=O)(c1ccccc1)C1NO1. The van der Waals surface area contributed by atoms with Crippen LogP contribution in [0.1, 0.15) is 0 Å². The molecule has 1 heterocycles. The first-order valence-electron chi connectivity index (χ1n) is 3.41. The minimum absolute atomic E-state index is 0.278. The molecule has 1 saturated heterocycles. The van der Waals surface area contributed by atoms with Crippen molar-refractivity contribution in [3.63, 3.8) is 0 Å². The van der Waals surface area contributed by atoms with Gasteiger partial charge in [0.1, 0.15) is 0 Å². The van der Waals surface area contributed by atoms with Crippen LogP contribution in [0.3, 0.4) is 0 Å². The van der Waals surface area contributed by atoms with Crippen LogP contribution in [0.2, 0.25) is 0 Å². The molecule has 1 atom stereocenters. The van der Waals surface area contributed by atoms with E-state index in [2.05, 4.69) is 10.3 Å². The van der Waals surface area contributed by atoms with Crippen LogP contribution < -0.4 is 5.48 Å². The van der Waals surface area contributed by atoms with Crippen LogP contribution in [0.25, 0.3) is 0 Å². The molecule has 1 unspecified atom stereocenters. The summed E-state index contributed by atoms with van der Waals surface area (Å²) < 4.78 is 22.8. The summed E-state index contributed by atoms with van der Waals surface area (Å²) in [5.74, 6) is 0. The first-order valence-corrected chi connectivity index (χ1v) is 4.96. The molecule has 1 fully saturated rings. The molecule has 12 heavy (non-hydrogen) atoms. The van der Waals surface area contributed by atoms with E-state index in [-0.39, 0.29) is 4.90 Å². The highest BCUT2D eigenvalue weighted by atomic mass is 32.2. The van der Waals surface area contributed by atoms with Crippen molar-refractivity contribution in [2.45, 2.75) is 10.5 Å². The van der Waals surface area contributed by atoms with Gasteiger partial charge in [-0.05, 0) is 12.1 Å². The summed E-state index contributed by atoms with van der Waals surface area (Å²) in [6.07, 6.45) is 0. The van der Waals surface area contributed by atoms with Gasteiger partial charge in [-0.2, -0.15) is 5.48 Å². The Morgan fingerprint density at radius 3 is 2.33 bits per heavy atom. The van der Waals surface area contributed by atoms with E-state index in [0.29, 0.717) is 0 Å². The first-order chi connectivity index (χ1) is 5.71. The van der Waals surface area contributed by atoms with Gasteiger partial charge in [0.05, 0.1) is 4.90 Å². The average Bonchev–Trinajstić information content (AvgIpc) is 2.88. The molecule has 1 aromatic rings. The van der Waals surface area contributed by atoms with Crippen molar-refractivity contribution in [2.75, 3.05) is 0 Å². The van der Waals surface area contributed by atoms with Gasteiger partial charge in [0.15, 0.2) is 0 Å². The van der Waals surface area contributed by atoms with E-state index < -0.39 is 15.4 Å².